The van der Waals surface area contributed by atoms with Gasteiger partial charge >= 0.3 is 0 Å². The number of aromatic nitrogens is 2. The summed E-state index contributed by atoms with van der Waals surface area (Å²) in [6.45, 7) is 0.496. The number of aliphatic hydroxyl groups is 1. The van der Waals surface area contributed by atoms with Crippen LogP contribution in [0.5, 0.6) is 0 Å². The molecule has 150 valence electrons. The van der Waals surface area contributed by atoms with E-state index in [0.717, 1.165) is 22.8 Å². The fraction of sp³-hybridized carbons (Fsp3) is 0.273. The van der Waals surface area contributed by atoms with Gasteiger partial charge < -0.3 is 24.8 Å². The highest BCUT2D eigenvalue weighted by molar-refractivity contribution is 7.80. The van der Waals surface area contributed by atoms with Crippen molar-refractivity contribution in [3.63, 3.8) is 0 Å². The summed E-state index contributed by atoms with van der Waals surface area (Å²) in [5, 5.41) is 13.7. The van der Waals surface area contributed by atoms with E-state index < -0.39 is 0 Å². The maximum Gasteiger partial charge on any atom is 0.170 e. The Labute approximate surface area is 176 Å². The number of nitrogens with zero attached hydrogens (tertiary/aromatic N) is 4. The van der Waals surface area contributed by atoms with Crippen LogP contribution in [0.3, 0.4) is 0 Å². The summed E-state index contributed by atoms with van der Waals surface area (Å²) in [6.07, 6.45) is 3.86. The van der Waals surface area contributed by atoms with Crippen molar-refractivity contribution in [2.45, 2.75) is 12.1 Å². The summed E-state index contributed by atoms with van der Waals surface area (Å²) in [5.41, 5.74) is 4.26. The van der Waals surface area contributed by atoms with Gasteiger partial charge in [0.05, 0.1) is 24.4 Å². The van der Waals surface area contributed by atoms with Crippen molar-refractivity contribution >= 4 is 23.0 Å². The van der Waals surface area contributed by atoms with Crippen LogP contribution < -0.4 is 10.2 Å². The first kappa shape index (κ1) is 19.4. The summed E-state index contributed by atoms with van der Waals surface area (Å²) in [6, 6.07) is 18.3. The van der Waals surface area contributed by atoms with E-state index in [1.165, 1.54) is 0 Å². The van der Waals surface area contributed by atoms with Crippen molar-refractivity contribution in [3.8, 4) is 5.69 Å². The van der Waals surface area contributed by atoms with Crippen molar-refractivity contribution in [3.05, 3.63) is 78.4 Å². The lowest BCUT2D eigenvalue weighted by Gasteiger charge is -2.28. The quantitative estimate of drug-likeness (QED) is 0.613. The van der Waals surface area contributed by atoms with Gasteiger partial charge in [0, 0.05) is 50.1 Å². The molecule has 1 fully saturated rings. The van der Waals surface area contributed by atoms with Gasteiger partial charge in [0.1, 0.15) is 0 Å². The third-order valence-corrected chi connectivity index (χ3v) is 5.62. The highest BCUT2D eigenvalue weighted by atomic mass is 32.1. The van der Waals surface area contributed by atoms with Crippen LogP contribution in [0.2, 0.25) is 0 Å². The van der Waals surface area contributed by atoms with Gasteiger partial charge in [0.25, 0.3) is 0 Å². The van der Waals surface area contributed by atoms with Crippen LogP contribution in [0.15, 0.2) is 67.0 Å². The maximum absolute atomic E-state index is 9.63. The molecule has 0 bridgehead atoms. The number of anilines is 1. The molecule has 1 aliphatic rings. The Hall–Kier alpha value is -2.90. The summed E-state index contributed by atoms with van der Waals surface area (Å²) >= 11 is 5.60. The minimum atomic E-state index is -0.0926. The molecule has 0 spiro atoms. The summed E-state index contributed by atoms with van der Waals surface area (Å²) < 4.78 is 2.18. The third kappa shape index (κ3) is 3.71. The lowest BCUT2D eigenvalue weighted by molar-refractivity contribution is 0.220. The number of nitrogens with one attached hydrogen (secondary N) is 1. The molecule has 2 atom stereocenters. The topological polar surface area (TPSA) is 56.6 Å². The average molecular weight is 408 g/mol. The largest absolute Gasteiger partial charge is 0.395 e. The molecule has 0 saturated carbocycles. The highest BCUT2D eigenvalue weighted by Gasteiger charge is 2.40. The molecule has 4 rings (SSSR count). The number of hydrogen-bond acceptors (Lipinski definition) is 4. The molecule has 2 aromatic heterocycles. The Morgan fingerprint density at radius 2 is 1.90 bits per heavy atom. The Morgan fingerprint density at radius 3 is 2.55 bits per heavy atom. The minimum Gasteiger partial charge on any atom is -0.395 e. The second-order valence-corrected chi connectivity index (χ2v) is 7.64. The van der Waals surface area contributed by atoms with Crippen molar-refractivity contribution in [2.75, 3.05) is 32.1 Å². The van der Waals surface area contributed by atoms with Crippen LogP contribution in [0, 0.1) is 0 Å². The standard InChI is InChI=1S/C22H25N5OS/c1-25(2)16-8-10-17(11-9-16)26-13-5-7-19(26)21-20(18-6-3-4-12-23-18)24-22(29)27(21)14-15-28/h3-13,20-21,28H,14-15H2,1-2H3,(H,24,29)/t20-,21-/m0/s1. The smallest absolute Gasteiger partial charge is 0.170 e. The highest BCUT2D eigenvalue weighted by Crippen LogP contribution is 2.39. The van der Waals surface area contributed by atoms with E-state index in [-0.39, 0.29) is 18.7 Å². The van der Waals surface area contributed by atoms with E-state index in [1.807, 2.05) is 38.4 Å². The summed E-state index contributed by atoms with van der Waals surface area (Å²) in [5.74, 6) is 0. The van der Waals surface area contributed by atoms with Gasteiger partial charge in [-0.3, -0.25) is 4.98 Å². The monoisotopic (exact) mass is 407 g/mol. The molecule has 1 saturated heterocycles. The normalized spacial score (nSPS) is 18.7. The predicted octanol–water partition coefficient (Wildman–Crippen LogP) is 2.90. The lowest BCUT2D eigenvalue weighted by Crippen LogP contribution is -2.32. The third-order valence-electron chi connectivity index (χ3n) is 5.27. The second kappa shape index (κ2) is 8.23. The zero-order valence-corrected chi connectivity index (χ0v) is 17.4. The van der Waals surface area contributed by atoms with Crippen molar-refractivity contribution < 1.29 is 5.11 Å². The summed E-state index contributed by atoms with van der Waals surface area (Å²) in [7, 11) is 4.07. The number of pyridine rings is 1. The number of benzene rings is 1. The van der Waals surface area contributed by atoms with E-state index in [0.29, 0.717) is 11.7 Å². The van der Waals surface area contributed by atoms with Crippen LogP contribution in [-0.2, 0) is 0 Å². The Morgan fingerprint density at radius 1 is 1.10 bits per heavy atom. The molecule has 0 radical (unpaired) electrons. The molecule has 3 aromatic rings. The number of β-amino-alcohol motifs (C(OH)–C–C–N with tert-alkyl or cyclic N) is 1. The fourth-order valence-corrected chi connectivity index (χ4v) is 4.19. The molecular weight excluding hydrogens is 382 g/mol. The zero-order chi connectivity index (χ0) is 20.4. The maximum atomic E-state index is 9.63. The van der Waals surface area contributed by atoms with E-state index in [1.54, 1.807) is 6.20 Å². The number of thiocarbonyl (C=S) groups is 1. The number of hydrogen-bond donors (Lipinski definition) is 2. The van der Waals surface area contributed by atoms with Crippen LogP contribution in [0.1, 0.15) is 23.5 Å². The van der Waals surface area contributed by atoms with Gasteiger partial charge in [-0.15, -0.1) is 0 Å². The van der Waals surface area contributed by atoms with E-state index >= 15 is 0 Å². The molecule has 7 heteroatoms. The van der Waals surface area contributed by atoms with Gasteiger partial charge in [-0.2, -0.15) is 0 Å². The van der Waals surface area contributed by atoms with Crippen molar-refractivity contribution in [2.24, 2.45) is 0 Å². The van der Waals surface area contributed by atoms with Crippen molar-refractivity contribution in [1.29, 1.82) is 0 Å². The molecule has 0 aliphatic carbocycles. The van der Waals surface area contributed by atoms with Gasteiger partial charge in [-0.05, 0) is 60.7 Å². The first-order chi connectivity index (χ1) is 14.1. The number of rotatable bonds is 6. The Bertz CT molecular complexity index is 970. The predicted molar refractivity (Wildman–Crippen MR) is 119 cm³/mol. The lowest BCUT2D eigenvalue weighted by atomic mass is 10.0. The van der Waals surface area contributed by atoms with E-state index in [4.69, 9.17) is 12.2 Å². The molecule has 0 unspecified atom stereocenters. The second-order valence-electron chi connectivity index (χ2n) is 7.26. The van der Waals surface area contributed by atoms with E-state index in [2.05, 4.69) is 61.2 Å². The molecular formula is C22H25N5OS. The van der Waals surface area contributed by atoms with E-state index in [9.17, 15) is 5.11 Å². The molecule has 1 aliphatic heterocycles. The molecule has 1 aromatic carbocycles. The average Bonchev–Trinajstić information content (AvgIpc) is 3.34. The van der Waals surface area contributed by atoms with Crippen LogP contribution in [0.25, 0.3) is 5.69 Å². The first-order valence-corrected chi connectivity index (χ1v) is 10.0. The Kier molecular flexibility index (Phi) is 5.51. The SMILES string of the molecule is CN(C)c1ccc(-n2cccc2[C@H]2[C@H](c3ccccn3)NC(=S)N2CCO)cc1. The Balaban J connectivity index is 1.76. The minimum absolute atomic E-state index is 0.0332. The van der Waals surface area contributed by atoms with Gasteiger partial charge in [-0.25, -0.2) is 0 Å². The first-order valence-electron chi connectivity index (χ1n) is 9.64. The molecule has 2 N–H and O–H groups in total. The fourth-order valence-electron chi connectivity index (χ4n) is 3.86. The zero-order valence-electron chi connectivity index (χ0n) is 16.6. The molecule has 29 heavy (non-hydrogen) atoms. The molecule has 3 heterocycles. The summed E-state index contributed by atoms with van der Waals surface area (Å²) in [4.78, 5) is 8.69. The molecule has 6 nitrogen and oxygen atoms in total. The van der Waals surface area contributed by atoms with Crippen LogP contribution in [0.4, 0.5) is 5.69 Å². The van der Waals surface area contributed by atoms with Crippen molar-refractivity contribution in [1.82, 2.24) is 19.8 Å². The van der Waals surface area contributed by atoms with Crippen LogP contribution >= 0.6 is 12.2 Å². The van der Waals surface area contributed by atoms with Crippen LogP contribution in [-0.4, -0.2) is 51.9 Å². The van der Waals surface area contributed by atoms with Gasteiger partial charge in [-0.1, -0.05) is 6.07 Å². The molecule has 0 amide bonds. The number of aliphatic hydroxyl groups excluding tert-OH is 1. The van der Waals surface area contributed by atoms with Gasteiger partial charge in [0.15, 0.2) is 5.11 Å². The van der Waals surface area contributed by atoms with Gasteiger partial charge in [0.2, 0.25) is 0 Å².